The molecular weight excluding hydrogens is 524 g/mol. The third-order valence-corrected chi connectivity index (χ3v) is 8.25. The zero-order valence-electron chi connectivity index (χ0n) is 24.2. The summed E-state index contributed by atoms with van der Waals surface area (Å²) in [6, 6.07) is 24.8. The van der Waals surface area contributed by atoms with Gasteiger partial charge in [0.25, 0.3) is 0 Å². The Morgan fingerprint density at radius 2 is 1.40 bits per heavy atom. The maximum Gasteiger partial charge on any atom is 0.304 e. The van der Waals surface area contributed by atoms with E-state index < -0.39 is 34.2 Å². The fourth-order valence-electron chi connectivity index (χ4n) is 4.29. The standard InChI is InChI=1S/C31H40N4O4S/c1-24-15-13-14-18-26(24)22-34(28(30(37)32-31(2,3)4)21-25-16-9-7-10-17-25)29(36)23-35(40(38,39)33(5)6)27-19-11-8-12-20-27/h7-20,28H,21-23H2,1-6H3,(H,32,37)/t28-/m0/s1. The molecule has 0 bridgehead atoms. The van der Waals surface area contributed by atoms with Gasteiger partial charge in [-0.3, -0.25) is 9.59 Å². The van der Waals surface area contributed by atoms with E-state index in [0.717, 1.165) is 25.3 Å². The van der Waals surface area contributed by atoms with E-state index in [-0.39, 0.29) is 18.9 Å². The van der Waals surface area contributed by atoms with Crippen LogP contribution in [-0.4, -0.2) is 61.7 Å². The average Bonchev–Trinajstić information content (AvgIpc) is 2.90. The minimum atomic E-state index is -4.02. The number of carbonyl (C=O) groups excluding carboxylic acids is 2. The summed E-state index contributed by atoms with van der Waals surface area (Å²) in [5.41, 5.74) is 2.56. The maximum atomic E-state index is 14.2. The van der Waals surface area contributed by atoms with Crippen molar-refractivity contribution >= 4 is 27.7 Å². The molecule has 3 rings (SSSR count). The lowest BCUT2D eigenvalue weighted by atomic mass is 10.00. The van der Waals surface area contributed by atoms with Crippen molar-refractivity contribution in [1.29, 1.82) is 0 Å². The normalized spacial score (nSPS) is 12.6. The number of hydrogen-bond donors (Lipinski definition) is 1. The Labute approximate surface area is 238 Å². The largest absolute Gasteiger partial charge is 0.350 e. The first kappa shape index (κ1) is 30.8. The zero-order valence-corrected chi connectivity index (χ0v) is 25.0. The third-order valence-electron chi connectivity index (χ3n) is 6.43. The van der Waals surface area contributed by atoms with Gasteiger partial charge in [0, 0.05) is 32.6 Å². The Bertz CT molecular complexity index is 1390. The highest BCUT2D eigenvalue weighted by Crippen LogP contribution is 2.22. The molecule has 0 saturated heterocycles. The van der Waals surface area contributed by atoms with Crippen molar-refractivity contribution in [2.75, 3.05) is 24.9 Å². The summed E-state index contributed by atoms with van der Waals surface area (Å²) < 4.78 is 28.9. The molecule has 2 amide bonds. The number of hydrogen-bond acceptors (Lipinski definition) is 4. The number of nitrogens with one attached hydrogen (secondary N) is 1. The van der Waals surface area contributed by atoms with Crippen LogP contribution in [0, 0.1) is 6.92 Å². The summed E-state index contributed by atoms with van der Waals surface area (Å²) in [6.07, 6.45) is 0.270. The number of benzene rings is 3. The summed E-state index contributed by atoms with van der Waals surface area (Å²) >= 11 is 0. The molecule has 0 fully saturated rings. The minimum absolute atomic E-state index is 0.144. The van der Waals surface area contributed by atoms with Crippen molar-refractivity contribution in [1.82, 2.24) is 14.5 Å². The summed E-state index contributed by atoms with van der Waals surface area (Å²) in [4.78, 5) is 29.5. The van der Waals surface area contributed by atoms with Crippen LogP contribution in [-0.2, 0) is 32.8 Å². The fourth-order valence-corrected chi connectivity index (χ4v) is 5.34. The molecule has 0 spiro atoms. The molecule has 3 aromatic rings. The summed E-state index contributed by atoms with van der Waals surface area (Å²) in [6.45, 7) is 7.29. The van der Waals surface area contributed by atoms with Crippen LogP contribution >= 0.6 is 0 Å². The average molecular weight is 565 g/mol. The third kappa shape index (κ3) is 8.16. The molecule has 0 unspecified atom stereocenters. The summed E-state index contributed by atoms with van der Waals surface area (Å²) in [5, 5.41) is 3.04. The van der Waals surface area contributed by atoms with Crippen LogP contribution in [0.25, 0.3) is 0 Å². The molecule has 3 aromatic carbocycles. The predicted molar refractivity (Wildman–Crippen MR) is 160 cm³/mol. The number of amides is 2. The lowest BCUT2D eigenvalue weighted by Gasteiger charge is -2.36. The van der Waals surface area contributed by atoms with Crippen LogP contribution in [0.5, 0.6) is 0 Å². The number of nitrogens with zero attached hydrogens (tertiary/aromatic N) is 3. The van der Waals surface area contributed by atoms with Gasteiger partial charge in [-0.15, -0.1) is 0 Å². The molecule has 0 aromatic heterocycles. The van der Waals surface area contributed by atoms with E-state index >= 15 is 0 Å². The SMILES string of the molecule is Cc1ccccc1CN(C(=O)CN(c1ccccc1)S(=O)(=O)N(C)C)[C@@H](Cc1ccccc1)C(=O)NC(C)(C)C. The van der Waals surface area contributed by atoms with E-state index in [9.17, 15) is 18.0 Å². The summed E-state index contributed by atoms with van der Waals surface area (Å²) in [7, 11) is -1.16. The molecule has 0 heterocycles. The lowest BCUT2D eigenvalue weighted by molar-refractivity contribution is -0.140. The van der Waals surface area contributed by atoms with E-state index in [1.54, 1.807) is 30.3 Å². The van der Waals surface area contributed by atoms with Crippen LogP contribution in [0.15, 0.2) is 84.9 Å². The van der Waals surface area contributed by atoms with Gasteiger partial charge in [0.1, 0.15) is 12.6 Å². The van der Waals surface area contributed by atoms with E-state index in [1.807, 2.05) is 82.3 Å². The molecule has 40 heavy (non-hydrogen) atoms. The Morgan fingerprint density at radius 1 is 0.850 bits per heavy atom. The number of aryl methyl sites for hydroxylation is 1. The van der Waals surface area contributed by atoms with E-state index in [2.05, 4.69) is 5.32 Å². The second kappa shape index (κ2) is 13.1. The Balaban J connectivity index is 2.11. The second-order valence-corrected chi connectivity index (χ2v) is 13.1. The minimum Gasteiger partial charge on any atom is -0.350 e. The highest BCUT2D eigenvalue weighted by atomic mass is 32.2. The Hall–Kier alpha value is -3.69. The van der Waals surface area contributed by atoms with Gasteiger partial charge in [0.15, 0.2) is 0 Å². The van der Waals surface area contributed by atoms with Crippen molar-refractivity contribution in [2.24, 2.45) is 0 Å². The van der Waals surface area contributed by atoms with Crippen LogP contribution in [0.1, 0.15) is 37.5 Å². The maximum absolute atomic E-state index is 14.2. The highest BCUT2D eigenvalue weighted by Gasteiger charge is 2.35. The number of anilines is 1. The Morgan fingerprint density at radius 3 is 1.95 bits per heavy atom. The van der Waals surface area contributed by atoms with Crippen LogP contribution in [0.3, 0.4) is 0 Å². The van der Waals surface area contributed by atoms with E-state index in [1.165, 1.54) is 19.0 Å². The fraction of sp³-hybridized carbons (Fsp3) is 0.355. The molecule has 214 valence electrons. The smallest absolute Gasteiger partial charge is 0.304 e. The summed E-state index contributed by atoms with van der Waals surface area (Å²) in [5.74, 6) is -0.789. The van der Waals surface area contributed by atoms with Crippen LogP contribution in [0.4, 0.5) is 5.69 Å². The van der Waals surface area contributed by atoms with Crippen LogP contribution in [0.2, 0.25) is 0 Å². The first-order chi connectivity index (χ1) is 18.8. The van der Waals surface area contributed by atoms with Crippen molar-refractivity contribution < 1.29 is 18.0 Å². The first-order valence-corrected chi connectivity index (χ1v) is 14.6. The molecule has 0 aliphatic rings. The highest BCUT2D eigenvalue weighted by molar-refractivity contribution is 7.90. The monoisotopic (exact) mass is 564 g/mol. The number of carbonyl (C=O) groups is 2. The van der Waals surface area contributed by atoms with Gasteiger partial charge in [-0.1, -0.05) is 72.8 Å². The quantitative estimate of drug-likeness (QED) is 0.379. The number of para-hydroxylation sites is 1. The molecule has 1 atom stereocenters. The van der Waals surface area contributed by atoms with Gasteiger partial charge in [-0.25, -0.2) is 4.31 Å². The van der Waals surface area contributed by atoms with Gasteiger partial charge < -0.3 is 10.2 Å². The van der Waals surface area contributed by atoms with Crippen molar-refractivity contribution in [3.8, 4) is 0 Å². The second-order valence-electron chi connectivity index (χ2n) is 11.0. The molecule has 9 heteroatoms. The Kier molecular flexibility index (Phi) is 10.1. The molecule has 1 N–H and O–H groups in total. The van der Waals surface area contributed by atoms with Gasteiger partial charge >= 0.3 is 10.2 Å². The topological polar surface area (TPSA) is 90.0 Å². The van der Waals surface area contributed by atoms with E-state index in [0.29, 0.717) is 5.69 Å². The molecule has 0 aliphatic heterocycles. The van der Waals surface area contributed by atoms with Crippen molar-refractivity contribution in [3.05, 3.63) is 102 Å². The van der Waals surface area contributed by atoms with Gasteiger partial charge in [-0.05, 0) is 56.5 Å². The molecule has 0 aliphatic carbocycles. The predicted octanol–water partition coefficient (Wildman–Crippen LogP) is 4.16. The molecule has 8 nitrogen and oxygen atoms in total. The van der Waals surface area contributed by atoms with Gasteiger partial charge in [0.2, 0.25) is 11.8 Å². The van der Waals surface area contributed by atoms with Crippen molar-refractivity contribution in [3.63, 3.8) is 0 Å². The number of rotatable bonds is 11. The van der Waals surface area contributed by atoms with E-state index in [4.69, 9.17) is 0 Å². The zero-order chi connectivity index (χ0) is 29.5. The van der Waals surface area contributed by atoms with Gasteiger partial charge in [0.05, 0.1) is 5.69 Å². The van der Waals surface area contributed by atoms with Crippen LogP contribution < -0.4 is 9.62 Å². The molecular formula is C31H40N4O4S. The molecule has 0 saturated carbocycles. The molecule has 0 radical (unpaired) electrons. The first-order valence-electron chi connectivity index (χ1n) is 13.2. The van der Waals surface area contributed by atoms with Gasteiger partial charge in [-0.2, -0.15) is 12.7 Å². The van der Waals surface area contributed by atoms with Crippen molar-refractivity contribution in [2.45, 2.75) is 52.2 Å². The lowest BCUT2D eigenvalue weighted by Crippen LogP contribution is -2.56.